The first-order valence-corrected chi connectivity index (χ1v) is 7.94. The Morgan fingerprint density at radius 2 is 2.04 bits per heavy atom. The van der Waals surface area contributed by atoms with Crippen molar-refractivity contribution < 1.29 is 18.7 Å². The monoisotopic (exact) mass is 322 g/mol. The van der Waals surface area contributed by atoms with Gasteiger partial charge in [-0.25, -0.2) is 4.39 Å². The Labute approximate surface area is 135 Å². The predicted octanol–water partition coefficient (Wildman–Crippen LogP) is 2.35. The number of hydrogen-bond acceptors (Lipinski definition) is 4. The Kier molecular flexibility index (Phi) is 6.10. The van der Waals surface area contributed by atoms with E-state index in [0.717, 1.165) is 0 Å². The summed E-state index contributed by atoms with van der Waals surface area (Å²) in [5.41, 5.74) is 1.00. The van der Waals surface area contributed by atoms with Crippen LogP contribution >= 0.6 is 0 Å². The van der Waals surface area contributed by atoms with Crippen LogP contribution in [-0.2, 0) is 14.3 Å². The maximum atomic E-state index is 13.5. The van der Waals surface area contributed by atoms with Gasteiger partial charge in [-0.15, -0.1) is 0 Å². The van der Waals surface area contributed by atoms with Crippen molar-refractivity contribution in [3.8, 4) is 0 Å². The van der Waals surface area contributed by atoms with E-state index < -0.39 is 0 Å². The lowest BCUT2D eigenvalue weighted by molar-refractivity contribution is -0.149. The minimum atomic E-state index is -0.335. The maximum absolute atomic E-state index is 13.5. The molecule has 0 atom stereocenters. The molecule has 2 rings (SSSR count). The molecule has 0 spiro atoms. The van der Waals surface area contributed by atoms with Crippen LogP contribution in [0.5, 0.6) is 0 Å². The fourth-order valence-electron chi connectivity index (χ4n) is 2.66. The number of amides is 1. The van der Waals surface area contributed by atoms with E-state index in [0.29, 0.717) is 43.8 Å². The smallest absolute Gasteiger partial charge is 0.309 e. The van der Waals surface area contributed by atoms with E-state index in [1.807, 2.05) is 4.90 Å². The maximum Gasteiger partial charge on any atom is 0.309 e. The van der Waals surface area contributed by atoms with Gasteiger partial charge in [-0.05, 0) is 57.5 Å². The van der Waals surface area contributed by atoms with Gasteiger partial charge < -0.3 is 10.1 Å². The highest BCUT2D eigenvalue weighted by Crippen LogP contribution is 2.19. The third-order valence-electron chi connectivity index (χ3n) is 4.03. The van der Waals surface area contributed by atoms with Crippen molar-refractivity contribution in [2.75, 3.05) is 31.6 Å². The van der Waals surface area contributed by atoms with Gasteiger partial charge in [0, 0.05) is 5.69 Å². The summed E-state index contributed by atoms with van der Waals surface area (Å²) in [6, 6.07) is 4.64. The molecule has 1 aromatic carbocycles. The normalized spacial score (nSPS) is 16.1. The molecule has 6 heteroatoms. The Hall–Kier alpha value is -1.95. The Morgan fingerprint density at radius 1 is 1.35 bits per heavy atom. The van der Waals surface area contributed by atoms with E-state index >= 15 is 0 Å². The van der Waals surface area contributed by atoms with Crippen molar-refractivity contribution in [3.63, 3.8) is 0 Å². The molecule has 0 saturated carbocycles. The summed E-state index contributed by atoms with van der Waals surface area (Å²) < 4.78 is 18.5. The molecule has 1 aliphatic heterocycles. The number of piperidine rings is 1. The number of benzene rings is 1. The van der Waals surface area contributed by atoms with Gasteiger partial charge in [0.15, 0.2) is 0 Å². The van der Waals surface area contributed by atoms with Crippen LogP contribution in [0.1, 0.15) is 25.3 Å². The summed E-state index contributed by atoms with van der Waals surface area (Å²) in [6.07, 6.45) is 1.40. The van der Waals surface area contributed by atoms with Crippen LogP contribution in [0, 0.1) is 18.7 Å². The second kappa shape index (κ2) is 8.06. The molecule has 1 heterocycles. The molecular formula is C17H23FN2O3. The summed E-state index contributed by atoms with van der Waals surface area (Å²) in [6.45, 7) is 5.47. The highest BCUT2D eigenvalue weighted by molar-refractivity contribution is 5.92. The Morgan fingerprint density at radius 3 is 2.65 bits per heavy atom. The molecule has 1 N–H and O–H groups in total. The van der Waals surface area contributed by atoms with Crippen molar-refractivity contribution in [2.45, 2.75) is 26.7 Å². The fourth-order valence-corrected chi connectivity index (χ4v) is 2.66. The number of ether oxygens (including phenoxy) is 1. The van der Waals surface area contributed by atoms with E-state index in [4.69, 9.17) is 4.74 Å². The van der Waals surface area contributed by atoms with Gasteiger partial charge in [0.05, 0.1) is 19.1 Å². The van der Waals surface area contributed by atoms with Gasteiger partial charge in [-0.3, -0.25) is 14.5 Å². The van der Waals surface area contributed by atoms with Crippen LogP contribution in [-0.4, -0.2) is 43.0 Å². The highest BCUT2D eigenvalue weighted by atomic mass is 19.1. The summed E-state index contributed by atoms with van der Waals surface area (Å²) in [7, 11) is 0. The van der Waals surface area contributed by atoms with Crippen LogP contribution < -0.4 is 5.32 Å². The first-order chi connectivity index (χ1) is 11.0. The van der Waals surface area contributed by atoms with Crippen molar-refractivity contribution >= 4 is 17.6 Å². The molecule has 1 saturated heterocycles. The van der Waals surface area contributed by atoms with Gasteiger partial charge in [-0.2, -0.15) is 0 Å². The van der Waals surface area contributed by atoms with Crippen molar-refractivity contribution in [1.82, 2.24) is 4.90 Å². The molecule has 1 amide bonds. The molecule has 0 unspecified atom stereocenters. The number of nitrogens with one attached hydrogen (secondary N) is 1. The van der Waals surface area contributed by atoms with Crippen LogP contribution in [0.2, 0.25) is 0 Å². The summed E-state index contributed by atoms with van der Waals surface area (Å²) in [5.74, 6) is -0.729. The molecule has 1 aromatic rings. The van der Waals surface area contributed by atoms with Gasteiger partial charge in [0.25, 0.3) is 0 Å². The standard InChI is InChI=1S/C17H23FN2O3/c1-3-23-17(22)13-6-8-20(9-7-13)11-16(21)19-14-5-4-12(2)15(18)10-14/h4-5,10,13H,3,6-9,11H2,1-2H3,(H,19,21). The van der Waals surface area contributed by atoms with Gasteiger partial charge in [0.1, 0.15) is 5.82 Å². The van der Waals surface area contributed by atoms with Gasteiger partial charge in [0.2, 0.25) is 5.91 Å². The second-order valence-corrected chi connectivity index (χ2v) is 5.81. The van der Waals surface area contributed by atoms with Crippen molar-refractivity contribution in [2.24, 2.45) is 5.92 Å². The van der Waals surface area contributed by atoms with Crippen LogP contribution in [0.25, 0.3) is 0 Å². The third-order valence-corrected chi connectivity index (χ3v) is 4.03. The van der Waals surface area contributed by atoms with E-state index in [1.54, 1.807) is 26.0 Å². The van der Waals surface area contributed by atoms with Crippen LogP contribution in [0.3, 0.4) is 0 Å². The first-order valence-electron chi connectivity index (χ1n) is 7.94. The lowest BCUT2D eigenvalue weighted by Crippen LogP contribution is -2.41. The quantitative estimate of drug-likeness (QED) is 0.846. The molecular weight excluding hydrogens is 299 g/mol. The van der Waals surface area contributed by atoms with Gasteiger partial charge in [-0.1, -0.05) is 6.07 Å². The number of nitrogens with zero attached hydrogens (tertiary/aromatic N) is 1. The summed E-state index contributed by atoms with van der Waals surface area (Å²) in [4.78, 5) is 25.7. The molecule has 0 radical (unpaired) electrons. The summed E-state index contributed by atoms with van der Waals surface area (Å²) in [5, 5.41) is 2.70. The molecule has 1 aliphatic rings. The van der Waals surface area contributed by atoms with Crippen molar-refractivity contribution in [1.29, 1.82) is 0 Å². The minimum Gasteiger partial charge on any atom is -0.466 e. The number of rotatable bonds is 5. The van der Waals surface area contributed by atoms with Crippen molar-refractivity contribution in [3.05, 3.63) is 29.6 Å². The van der Waals surface area contributed by atoms with E-state index in [9.17, 15) is 14.0 Å². The molecule has 0 aromatic heterocycles. The first kappa shape index (κ1) is 17.4. The molecule has 23 heavy (non-hydrogen) atoms. The lowest BCUT2D eigenvalue weighted by Gasteiger charge is -2.30. The zero-order valence-corrected chi connectivity index (χ0v) is 13.6. The average Bonchev–Trinajstić information content (AvgIpc) is 2.52. The van der Waals surface area contributed by atoms with Gasteiger partial charge >= 0.3 is 5.97 Å². The Balaban J connectivity index is 1.78. The third kappa shape index (κ3) is 5.03. The zero-order chi connectivity index (χ0) is 16.8. The highest BCUT2D eigenvalue weighted by Gasteiger charge is 2.26. The van der Waals surface area contributed by atoms with Crippen LogP contribution in [0.15, 0.2) is 18.2 Å². The number of carbonyl (C=O) groups excluding carboxylic acids is 2. The second-order valence-electron chi connectivity index (χ2n) is 5.81. The number of anilines is 1. The molecule has 0 aliphatic carbocycles. The number of likely N-dealkylation sites (tertiary alicyclic amines) is 1. The zero-order valence-electron chi connectivity index (χ0n) is 13.6. The fraction of sp³-hybridized carbons (Fsp3) is 0.529. The molecule has 5 nitrogen and oxygen atoms in total. The number of aryl methyl sites for hydroxylation is 1. The van der Waals surface area contributed by atoms with E-state index in [2.05, 4.69) is 5.32 Å². The number of hydrogen-bond donors (Lipinski definition) is 1. The molecule has 126 valence electrons. The van der Waals surface area contributed by atoms with Crippen LogP contribution in [0.4, 0.5) is 10.1 Å². The minimum absolute atomic E-state index is 0.0690. The molecule has 0 bridgehead atoms. The number of carbonyl (C=O) groups is 2. The average molecular weight is 322 g/mol. The van der Waals surface area contributed by atoms with E-state index in [-0.39, 0.29) is 30.2 Å². The number of halogens is 1. The lowest BCUT2D eigenvalue weighted by atomic mass is 9.97. The topological polar surface area (TPSA) is 58.6 Å². The SMILES string of the molecule is CCOC(=O)C1CCN(CC(=O)Nc2ccc(C)c(F)c2)CC1. The predicted molar refractivity (Wildman–Crippen MR) is 85.6 cm³/mol. The summed E-state index contributed by atoms with van der Waals surface area (Å²) >= 11 is 0. The number of esters is 1. The van der Waals surface area contributed by atoms with E-state index in [1.165, 1.54) is 6.07 Å². The Bertz CT molecular complexity index is 569. The largest absolute Gasteiger partial charge is 0.466 e. The molecule has 1 fully saturated rings.